The molecule has 84 valence electrons. The van der Waals surface area contributed by atoms with Crippen LogP contribution in [0, 0.1) is 5.95 Å². The van der Waals surface area contributed by atoms with Gasteiger partial charge in [-0.3, -0.25) is 0 Å². The molecule has 17 heavy (non-hydrogen) atoms. The maximum atomic E-state index is 13.4. The predicted octanol–water partition coefficient (Wildman–Crippen LogP) is 2.69. The highest BCUT2D eigenvalue weighted by molar-refractivity contribution is 5.79. The van der Waals surface area contributed by atoms with Crippen LogP contribution < -0.4 is 0 Å². The average Bonchev–Trinajstić information content (AvgIpc) is 2.76. The van der Waals surface area contributed by atoms with Crippen molar-refractivity contribution in [3.05, 3.63) is 59.9 Å². The van der Waals surface area contributed by atoms with Crippen molar-refractivity contribution in [2.24, 2.45) is 0 Å². The number of nitrogens with zero attached hydrogens (tertiary/aromatic N) is 2. The Kier molecular flexibility index (Phi) is 2.33. The van der Waals surface area contributed by atoms with E-state index in [1.165, 1.54) is 6.20 Å². The van der Waals surface area contributed by atoms with Crippen LogP contribution in [0.25, 0.3) is 11.0 Å². The van der Waals surface area contributed by atoms with Gasteiger partial charge in [0.25, 0.3) is 0 Å². The zero-order chi connectivity index (χ0) is 11.7. The van der Waals surface area contributed by atoms with Crippen LogP contribution in [0.3, 0.4) is 0 Å². The molecule has 4 heteroatoms. The molecule has 1 N–H and O–H groups in total. The highest BCUT2D eigenvalue weighted by atomic mass is 19.1. The smallest absolute Gasteiger partial charge is 0.216 e. The molecule has 0 bridgehead atoms. The Labute approximate surface area is 97.3 Å². The molecule has 0 unspecified atom stereocenters. The molecule has 3 aromatic rings. The van der Waals surface area contributed by atoms with Crippen LogP contribution in [-0.2, 0) is 6.42 Å². The summed E-state index contributed by atoms with van der Waals surface area (Å²) in [6.45, 7) is 0. The maximum Gasteiger partial charge on any atom is 0.216 e. The van der Waals surface area contributed by atoms with E-state index in [0.29, 0.717) is 12.0 Å². The van der Waals surface area contributed by atoms with Gasteiger partial charge in [-0.25, -0.2) is 9.97 Å². The molecule has 3 heterocycles. The van der Waals surface area contributed by atoms with E-state index in [1.54, 1.807) is 18.3 Å². The third kappa shape index (κ3) is 1.78. The minimum atomic E-state index is -0.411. The molecule has 0 atom stereocenters. The Morgan fingerprint density at radius 2 is 1.88 bits per heavy atom. The second-order valence-electron chi connectivity index (χ2n) is 3.84. The molecule has 0 saturated carbocycles. The summed E-state index contributed by atoms with van der Waals surface area (Å²) < 4.78 is 13.4. The third-order valence-corrected chi connectivity index (χ3v) is 2.75. The first kappa shape index (κ1) is 9.96. The van der Waals surface area contributed by atoms with Gasteiger partial charge in [-0.1, -0.05) is 6.07 Å². The van der Waals surface area contributed by atoms with E-state index in [-0.39, 0.29) is 0 Å². The molecule has 0 aliphatic rings. The maximum absolute atomic E-state index is 13.4. The van der Waals surface area contributed by atoms with E-state index in [4.69, 9.17) is 0 Å². The van der Waals surface area contributed by atoms with Crippen LogP contribution in [0.15, 0.2) is 42.9 Å². The molecule has 0 spiro atoms. The summed E-state index contributed by atoms with van der Waals surface area (Å²) in [5.41, 5.74) is 2.45. The second-order valence-corrected chi connectivity index (χ2v) is 3.84. The van der Waals surface area contributed by atoms with Gasteiger partial charge in [-0.15, -0.1) is 0 Å². The van der Waals surface area contributed by atoms with Gasteiger partial charge in [0, 0.05) is 36.0 Å². The van der Waals surface area contributed by atoms with Crippen LogP contribution in [0.1, 0.15) is 11.1 Å². The van der Waals surface area contributed by atoms with Gasteiger partial charge in [-0.05, 0) is 23.8 Å². The van der Waals surface area contributed by atoms with Gasteiger partial charge < -0.3 is 4.98 Å². The van der Waals surface area contributed by atoms with Crippen LogP contribution in [0.5, 0.6) is 0 Å². The van der Waals surface area contributed by atoms with Crippen molar-refractivity contribution in [2.45, 2.75) is 6.42 Å². The van der Waals surface area contributed by atoms with Crippen LogP contribution in [0.4, 0.5) is 4.39 Å². The Hall–Kier alpha value is -2.23. The first-order valence-electron chi connectivity index (χ1n) is 5.35. The number of halogens is 1. The van der Waals surface area contributed by atoms with Crippen LogP contribution in [-0.4, -0.2) is 15.0 Å². The Morgan fingerprint density at radius 1 is 1.06 bits per heavy atom. The predicted molar refractivity (Wildman–Crippen MR) is 63.1 cm³/mol. The summed E-state index contributed by atoms with van der Waals surface area (Å²) >= 11 is 0. The SMILES string of the molecule is Fc1ncccc1Cc1c[nH]c2ncccc12. The Bertz CT molecular complexity index is 660. The van der Waals surface area contributed by atoms with E-state index < -0.39 is 5.95 Å². The fourth-order valence-corrected chi connectivity index (χ4v) is 1.92. The number of fused-ring (bicyclic) bond motifs is 1. The average molecular weight is 227 g/mol. The van der Waals surface area contributed by atoms with E-state index in [1.807, 2.05) is 18.3 Å². The van der Waals surface area contributed by atoms with Gasteiger partial charge in [-0.2, -0.15) is 4.39 Å². The fraction of sp³-hybridized carbons (Fsp3) is 0.0769. The van der Waals surface area contributed by atoms with Gasteiger partial charge in [0.05, 0.1) is 0 Å². The molecular weight excluding hydrogens is 217 g/mol. The largest absolute Gasteiger partial charge is 0.346 e. The molecule has 0 aromatic carbocycles. The molecule has 0 radical (unpaired) electrons. The summed E-state index contributed by atoms with van der Waals surface area (Å²) in [7, 11) is 0. The monoisotopic (exact) mass is 227 g/mol. The Morgan fingerprint density at radius 3 is 2.76 bits per heavy atom. The lowest BCUT2D eigenvalue weighted by molar-refractivity contribution is 0.570. The highest BCUT2D eigenvalue weighted by Crippen LogP contribution is 2.19. The van der Waals surface area contributed by atoms with Crippen molar-refractivity contribution < 1.29 is 4.39 Å². The lowest BCUT2D eigenvalue weighted by Gasteiger charge is -2.00. The van der Waals surface area contributed by atoms with Crippen molar-refractivity contribution in [2.75, 3.05) is 0 Å². The number of H-pyrrole nitrogens is 1. The molecule has 0 saturated heterocycles. The standard InChI is InChI=1S/C13H10FN3/c14-12-9(3-1-5-15-12)7-10-8-17-13-11(10)4-2-6-16-13/h1-6,8H,7H2,(H,16,17). The summed E-state index contributed by atoms with van der Waals surface area (Å²) in [5, 5.41) is 1.02. The van der Waals surface area contributed by atoms with Gasteiger partial charge in [0.15, 0.2) is 0 Å². The van der Waals surface area contributed by atoms with Crippen molar-refractivity contribution >= 4 is 11.0 Å². The van der Waals surface area contributed by atoms with Crippen molar-refractivity contribution in [1.29, 1.82) is 0 Å². The number of hydrogen-bond acceptors (Lipinski definition) is 2. The molecule has 0 fully saturated rings. The first-order valence-corrected chi connectivity index (χ1v) is 5.35. The quantitative estimate of drug-likeness (QED) is 0.684. The highest BCUT2D eigenvalue weighted by Gasteiger charge is 2.08. The van der Waals surface area contributed by atoms with E-state index in [2.05, 4.69) is 15.0 Å². The zero-order valence-electron chi connectivity index (χ0n) is 9.02. The third-order valence-electron chi connectivity index (χ3n) is 2.75. The fourth-order valence-electron chi connectivity index (χ4n) is 1.92. The van der Waals surface area contributed by atoms with E-state index in [0.717, 1.165) is 16.6 Å². The summed E-state index contributed by atoms with van der Waals surface area (Å²) in [6, 6.07) is 7.34. The number of hydrogen-bond donors (Lipinski definition) is 1. The van der Waals surface area contributed by atoms with Gasteiger partial charge >= 0.3 is 0 Å². The number of aromatic amines is 1. The minimum absolute atomic E-state index is 0.411. The zero-order valence-corrected chi connectivity index (χ0v) is 9.02. The van der Waals surface area contributed by atoms with Crippen LogP contribution in [0.2, 0.25) is 0 Å². The van der Waals surface area contributed by atoms with Crippen molar-refractivity contribution in [3.63, 3.8) is 0 Å². The summed E-state index contributed by atoms with van der Waals surface area (Å²) in [5.74, 6) is -0.411. The van der Waals surface area contributed by atoms with Crippen molar-refractivity contribution in [1.82, 2.24) is 15.0 Å². The molecule has 3 rings (SSSR count). The molecule has 3 nitrogen and oxygen atoms in total. The molecule has 3 aromatic heterocycles. The van der Waals surface area contributed by atoms with E-state index in [9.17, 15) is 4.39 Å². The topological polar surface area (TPSA) is 41.6 Å². The number of pyridine rings is 2. The molecule has 0 aliphatic carbocycles. The molecular formula is C13H10FN3. The lowest BCUT2D eigenvalue weighted by atomic mass is 10.1. The van der Waals surface area contributed by atoms with Crippen molar-refractivity contribution in [3.8, 4) is 0 Å². The summed E-state index contributed by atoms with van der Waals surface area (Å²) in [6.07, 6.45) is 5.57. The normalized spacial score (nSPS) is 10.9. The Balaban J connectivity index is 2.03. The lowest BCUT2D eigenvalue weighted by Crippen LogP contribution is -1.94. The second kappa shape index (κ2) is 3.97. The van der Waals surface area contributed by atoms with Crippen LogP contribution >= 0.6 is 0 Å². The minimum Gasteiger partial charge on any atom is -0.346 e. The summed E-state index contributed by atoms with van der Waals surface area (Å²) in [4.78, 5) is 10.9. The number of nitrogens with one attached hydrogen (secondary N) is 1. The van der Waals surface area contributed by atoms with Gasteiger partial charge in [0.2, 0.25) is 5.95 Å². The van der Waals surface area contributed by atoms with E-state index >= 15 is 0 Å². The van der Waals surface area contributed by atoms with Gasteiger partial charge in [0.1, 0.15) is 5.65 Å². The first-order chi connectivity index (χ1) is 8.34. The number of rotatable bonds is 2. The number of aromatic nitrogens is 3. The molecule has 0 aliphatic heterocycles. The molecule has 0 amide bonds.